The maximum atomic E-state index is 3.45. The first kappa shape index (κ1) is 16.4. The largest absolute Gasteiger partial charge is 0.319 e. The van der Waals surface area contributed by atoms with Crippen LogP contribution < -0.4 is 5.32 Å². The molecule has 108 valence electrons. The Labute approximate surface area is 119 Å². The topological polar surface area (TPSA) is 12.0 Å². The molecule has 0 heterocycles. The molecule has 1 rings (SSSR count). The van der Waals surface area contributed by atoms with Crippen LogP contribution in [0, 0.1) is 11.3 Å². The highest BCUT2D eigenvalue weighted by Crippen LogP contribution is 2.43. The molecule has 1 aliphatic rings. The Morgan fingerprint density at radius 1 is 1.22 bits per heavy atom. The van der Waals surface area contributed by atoms with Gasteiger partial charge in [0.05, 0.1) is 0 Å². The molecule has 1 N–H and O–H groups in total. The molecule has 0 atom stereocenters. The molecule has 1 aliphatic carbocycles. The molecule has 0 aliphatic heterocycles. The van der Waals surface area contributed by atoms with Gasteiger partial charge in [-0.3, -0.25) is 0 Å². The lowest BCUT2D eigenvalue weighted by Gasteiger charge is -2.40. The molecule has 0 amide bonds. The highest BCUT2D eigenvalue weighted by Gasteiger charge is 2.33. The van der Waals surface area contributed by atoms with Gasteiger partial charge in [0.1, 0.15) is 0 Å². The van der Waals surface area contributed by atoms with E-state index in [1.54, 1.807) is 0 Å². The number of thioether (sulfide) groups is 1. The average molecular weight is 272 g/mol. The molecule has 0 unspecified atom stereocenters. The summed E-state index contributed by atoms with van der Waals surface area (Å²) in [5.74, 6) is 3.67. The van der Waals surface area contributed by atoms with E-state index in [1.807, 2.05) is 0 Å². The van der Waals surface area contributed by atoms with E-state index in [1.165, 1.54) is 69.4 Å². The van der Waals surface area contributed by atoms with Crippen molar-refractivity contribution in [2.24, 2.45) is 11.3 Å². The average Bonchev–Trinajstić information content (AvgIpc) is 2.39. The Morgan fingerprint density at radius 3 is 2.50 bits per heavy atom. The molecule has 1 fully saturated rings. The van der Waals surface area contributed by atoms with Crippen LogP contribution in [0.4, 0.5) is 0 Å². The van der Waals surface area contributed by atoms with Crippen molar-refractivity contribution in [3.05, 3.63) is 0 Å². The Hall–Kier alpha value is 0.310. The van der Waals surface area contributed by atoms with Crippen molar-refractivity contribution in [2.45, 2.75) is 65.2 Å². The third-order valence-corrected chi connectivity index (χ3v) is 5.57. The van der Waals surface area contributed by atoms with E-state index in [9.17, 15) is 0 Å². The van der Waals surface area contributed by atoms with Crippen molar-refractivity contribution >= 4 is 11.8 Å². The van der Waals surface area contributed by atoms with Crippen LogP contribution in [0.2, 0.25) is 0 Å². The minimum Gasteiger partial charge on any atom is -0.319 e. The molecule has 0 spiro atoms. The van der Waals surface area contributed by atoms with Gasteiger partial charge in [0.25, 0.3) is 0 Å². The van der Waals surface area contributed by atoms with Gasteiger partial charge in [-0.1, -0.05) is 33.1 Å². The van der Waals surface area contributed by atoms with Gasteiger partial charge in [-0.15, -0.1) is 0 Å². The summed E-state index contributed by atoms with van der Waals surface area (Å²) in [5, 5.41) is 3.45. The highest BCUT2D eigenvalue weighted by atomic mass is 32.2. The maximum Gasteiger partial charge on any atom is 0.000510 e. The van der Waals surface area contributed by atoms with Crippen LogP contribution in [0.5, 0.6) is 0 Å². The van der Waals surface area contributed by atoms with Gasteiger partial charge < -0.3 is 5.32 Å². The van der Waals surface area contributed by atoms with Gasteiger partial charge in [0.15, 0.2) is 0 Å². The van der Waals surface area contributed by atoms with E-state index >= 15 is 0 Å². The SMILES string of the molecule is CCCCC1CCC(CCSCC)(CNC)CC1. The van der Waals surface area contributed by atoms with E-state index in [4.69, 9.17) is 0 Å². The lowest BCUT2D eigenvalue weighted by molar-refractivity contribution is 0.137. The molecule has 1 nitrogen and oxygen atoms in total. The normalized spacial score (nSPS) is 28.5. The molecule has 1 saturated carbocycles. The lowest BCUT2D eigenvalue weighted by Crippen LogP contribution is -2.37. The smallest absolute Gasteiger partial charge is 0.000510 e. The number of hydrogen-bond acceptors (Lipinski definition) is 2. The van der Waals surface area contributed by atoms with Crippen LogP contribution >= 0.6 is 11.8 Å². The number of unbranched alkanes of at least 4 members (excludes halogenated alkanes) is 1. The predicted octanol–water partition coefficient (Wildman–Crippen LogP) is 4.72. The first-order valence-corrected chi connectivity index (χ1v) is 9.14. The quantitative estimate of drug-likeness (QED) is 0.609. The minimum atomic E-state index is 0.625. The molecule has 2 heteroatoms. The fourth-order valence-corrected chi connectivity index (χ4v) is 4.26. The van der Waals surface area contributed by atoms with Crippen LogP contribution in [0.1, 0.15) is 65.2 Å². The fraction of sp³-hybridized carbons (Fsp3) is 1.00. The third kappa shape index (κ3) is 5.52. The van der Waals surface area contributed by atoms with Gasteiger partial charge in [0.2, 0.25) is 0 Å². The molecule has 0 aromatic carbocycles. The molecule has 0 bridgehead atoms. The molecule has 0 saturated heterocycles. The molecular formula is C16H33NS. The summed E-state index contributed by atoms with van der Waals surface area (Å²) in [6.07, 6.45) is 11.6. The summed E-state index contributed by atoms with van der Waals surface area (Å²) in [4.78, 5) is 0. The van der Waals surface area contributed by atoms with E-state index in [0.29, 0.717) is 5.41 Å². The number of rotatable bonds is 9. The second-order valence-corrected chi connectivity index (χ2v) is 7.46. The van der Waals surface area contributed by atoms with Crippen LogP contribution in [0.25, 0.3) is 0 Å². The van der Waals surface area contributed by atoms with Gasteiger partial charge in [-0.2, -0.15) is 11.8 Å². The zero-order valence-corrected chi connectivity index (χ0v) is 13.6. The van der Waals surface area contributed by atoms with Crippen LogP contribution in [0.3, 0.4) is 0 Å². The van der Waals surface area contributed by atoms with Gasteiger partial charge in [-0.25, -0.2) is 0 Å². The van der Waals surface area contributed by atoms with Crippen molar-refractivity contribution in [1.82, 2.24) is 5.32 Å². The fourth-order valence-electron chi connectivity index (χ4n) is 3.39. The summed E-state index contributed by atoms with van der Waals surface area (Å²) < 4.78 is 0. The molecule has 0 radical (unpaired) electrons. The van der Waals surface area contributed by atoms with Crippen LogP contribution in [-0.4, -0.2) is 25.1 Å². The predicted molar refractivity (Wildman–Crippen MR) is 85.5 cm³/mol. The van der Waals surface area contributed by atoms with Crippen molar-refractivity contribution in [3.8, 4) is 0 Å². The lowest BCUT2D eigenvalue weighted by atomic mass is 9.68. The van der Waals surface area contributed by atoms with Gasteiger partial charge >= 0.3 is 0 Å². The first-order chi connectivity index (χ1) is 8.76. The third-order valence-electron chi connectivity index (χ3n) is 4.66. The Balaban J connectivity index is 2.35. The molecular weight excluding hydrogens is 238 g/mol. The Morgan fingerprint density at radius 2 is 1.94 bits per heavy atom. The van der Waals surface area contributed by atoms with Crippen molar-refractivity contribution in [1.29, 1.82) is 0 Å². The second kappa shape index (κ2) is 9.25. The Bertz CT molecular complexity index is 197. The standard InChI is InChI=1S/C16H33NS/c1-4-6-7-15-8-10-16(11-9-15,14-17-3)12-13-18-5-2/h15,17H,4-14H2,1-3H3. The zero-order chi connectivity index (χ0) is 13.3. The monoisotopic (exact) mass is 271 g/mol. The van der Waals surface area contributed by atoms with E-state index < -0.39 is 0 Å². The first-order valence-electron chi connectivity index (χ1n) is 7.98. The highest BCUT2D eigenvalue weighted by molar-refractivity contribution is 7.99. The summed E-state index contributed by atoms with van der Waals surface area (Å²) in [6.45, 7) is 5.82. The summed E-state index contributed by atoms with van der Waals surface area (Å²) in [5.41, 5.74) is 0.625. The van der Waals surface area contributed by atoms with Crippen molar-refractivity contribution in [2.75, 3.05) is 25.1 Å². The minimum absolute atomic E-state index is 0.625. The van der Waals surface area contributed by atoms with Crippen molar-refractivity contribution in [3.63, 3.8) is 0 Å². The van der Waals surface area contributed by atoms with Crippen LogP contribution in [-0.2, 0) is 0 Å². The molecule has 0 aromatic heterocycles. The summed E-state index contributed by atoms with van der Waals surface area (Å²) in [7, 11) is 2.12. The maximum absolute atomic E-state index is 3.45. The van der Waals surface area contributed by atoms with Crippen molar-refractivity contribution < 1.29 is 0 Å². The number of hydrogen-bond donors (Lipinski definition) is 1. The van der Waals surface area contributed by atoms with E-state index in [2.05, 4.69) is 38.0 Å². The Kier molecular flexibility index (Phi) is 8.41. The molecule has 18 heavy (non-hydrogen) atoms. The second-order valence-electron chi connectivity index (χ2n) is 6.06. The van der Waals surface area contributed by atoms with E-state index in [0.717, 1.165) is 5.92 Å². The zero-order valence-electron chi connectivity index (χ0n) is 12.8. The van der Waals surface area contributed by atoms with Crippen LogP contribution in [0.15, 0.2) is 0 Å². The molecule has 0 aromatic rings. The van der Waals surface area contributed by atoms with E-state index in [-0.39, 0.29) is 0 Å². The van der Waals surface area contributed by atoms with Gasteiger partial charge in [-0.05, 0) is 62.0 Å². The summed E-state index contributed by atoms with van der Waals surface area (Å²) >= 11 is 2.11. The van der Waals surface area contributed by atoms with Gasteiger partial charge in [0, 0.05) is 6.54 Å². The number of nitrogens with one attached hydrogen (secondary N) is 1. The summed E-state index contributed by atoms with van der Waals surface area (Å²) in [6, 6.07) is 0.